The van der Waals surface area contributed by atoms with E-state index >= 15 is 0 Å². The second-order valence-electron chi connectivity index (χ2n) is 13.4. The first-order valence-electron chi connectivity index (χ1n) is 18.1. The summed E-state index contributed by atoms with van der Waals surface area (Å²) in [6.07, 6.45) is 1.81. The summed E-state index contributed by atoms with van der Waals surface area (Å²) < 4.78 is 4.90. The molecule has 0 saturated carbocycles. The minimum Gasteiger partial charge on any atom is -0.345 e. The molecule has 5 heteroatoms. The van der Waals surface area contributed by atoms with Crippen LogP contribution >= 0.6 is 11.3 Å². The summed E-state index contributed by atoms with van der Waals surface area (Å²) in [7, 11) is 0. The van der Waals surface area contributed by atoms with Gasteiger partial charge in [0.05, 0.1) is 28.4 Å². The Bertz CT molecular complexity index is 2890. The lowest BCUT2D eigenvalue weighted by Gasteiger charge is -2.26. The van der Waals surface area contributed by atoms with Crippen molar-refractivity contribution >= 4 is 70.6 Å². The van der Waals surface area contributed by atoms with E-state index in [-0.39, 0.29) is 0 Å². The molecule has 0 spiro atoms. The monoisotopic (exact) mass is 710 g/mol. The number of anilines is 3. The summed E-state index contributed by atoms with van der Waals surface area (Å²) in [4.78, 5) is 10.8. The molecule has 2 heterocycles. The van der Waals surface area contributed by atoms with Crippen LogP contribution in [0.4, 0.5) is 17.1 Å². The highest BCUT2D eigenvalue weighted by Crippen LogP contribution is 2.39. The van der Waals surface area contributed by atoms with Gasteiger partial charge in [-0.1, -0.05) is 115 Å². The third-order valence-electron chi connectivity index (χ3n) is 10.1. The van der Waals surface area contributed by atoms with Crippen LogP contribution in [0.25, 0.3) is 70.2 Å². The number of H-pyrrole nitrogens is 1. The topological polar surface area (TPSA) is 36.9 Å². The number of para-hydroxylation sites is 2. The van der Waals surface area contributed by atoms with Gasteiger partial charge in [0, 0.05) is 42.9 Å². The van der Waals surface area contributed by atoms with E-state index < -0.39 is 0 Å². The first kappa shape index (κ1) is 31.8. The fraction of sp³-hybridized carbons (Fsp3) is 0. The Morgan fingerprint density at radius 1 is 0.444 bits per heavy atom. The number of hydrogen-bond acceptors (Lipinski definition) is 3. The number of fused-ring (bicyclic) bond motifs is 5. The summed E-state index contributed by atoms with van der Waals surface area (Å²) in [5.74, 6) is 0. The molecule has 0 atom stereocenters. The zero-order chi connectivity index (χ0) is 35.8. The molecule has 1 N–H and O–H groups in total. The van der Waals surface area contributed by atoms with Crippen molar-refractivity contribution in [3.63, 3.8) is 0 Å². The van der Waals surface area contributed by atoms with Gasteiger partial charge in [0.1, 0.15) is 0 Å². The molecule has 0 aliphatic heterocycles. The maximum absolute atomic E-state index is 4.90. The zero-order valence-electron chi connectivity index (χ0n) is 29.3. The van der Waals surface area contributed by atoms with Crippen LogP contribution in [0.5, 0.6) is 0 Å². The number of hydrogen-bond donors (Lipinski definition) is 1. The van der Waals surface area contributed by atoms with Gasteiger partial charge in [-0.25, -0.2) is 4.98 Å². The molecular weight excluding hydrogens is 677 g/mol. The van der Waals surface area contributed by atoms with Crippen LogP contribution < -0.4 is 4.90 Å². The van der Waals surface area contributed by atoms with E-state index in [4.69, 9.17) is 4.98 Å². The van der Waals surface area contributed by atoms with Crippen molar-refractivity contribution in [2.24, 2.45) is 0 Å². The number of nitrogens with one attached hydrogen (secondary N) is 1. The quantitative estimate of drug-likeness (QED) is 0.186. The van der Waals surface area contributed by atoms with E-state index in [1.54, 1.807) is 0 Å². The van der Waals surface area contributed by atoms with Crippen molar-refractivity contribution in [1.82, 2.24) is 14.5 Å². The van der Waals surface area contributed by atoms with E-state index in [0.29, 0.717) is 0 Å². The van der Waals surface area contributed by atoms with Crippen molar-refractivity contribution in [1.29, 1.82) is 0 Å². The van der Waals surface area contributed by atoms with Crippen LogP contribution in [0.3, 0.4) is 0 Å². The summed E-state index contributed by atoms with van der Waals surface area (Å²) in [5.41, 5.74) is 12.9. The summed E-state index contributed by atoms with van der Waals surface area (Å²) in [6.45, 7) is 0. The van der Waals surface area contributed by atoms with E-state index in [9.17, 15) is 0 Å². The van der Waals surface area contributed by atoms with Crippen molar-refractivity contribution in [3.05, 3.63) is 200 Å². The minimum atomic E-state index is 0.897. The smallest absolute Gasteiger partial charge is 0.0931 e. The lowest BCUT2D eigenvalue weighted by Crippen LogP contribution is -2.10. The average Bonchev–Trinajstić information content (AvgIpc) is 3.61. The van der Waals surface area contributed by atoms with Gasteiger partial charge in [0.25, 0.3) is 0 Å². The molecule has 0 saturated heterocycles. The highest BCUT2D eigenvalue weighted by atomic mass is 32.1. The highest BCUT2D eigenvalue weighted by Gasteiger charge is 2.16. The first-order valence-corrected chi connectivity index (χ1v) is 18.9. The normalized spacial score (nSPS) is 11.3. The third-order valence-corrected chi connectivity index (χ3v) is 11.3. The fourth-order valence-electron chi connectivity index (χ4n) is 7.48. The van der Waals surface area contributed by atoms with E-state index in [2.05, 4.69) is 203 Å². The first-order chi connectivity index (χ1) is 26.8. The van der Waals surface area contributed by atoms with Gasteiger partial charge in [-0.2, -0.15) is 0 Å². The molecule has 0 aliphatic rings. The highest BCUT2D eigenvalue weighted by molar-refractivity contribution is 7.25. The molecule has 10 aromatic rings. The maximum Gasteiger partial charge on any atom is 0.0931 e. The van der Waals surface area contributed by atoms with Gasteiger partial charge >= 0.3 is 0 Å². The van der Waals surface area contributed by atoms with Crippen LogP contribution in [0.15, 0.2) is 200 Å². The average molecular weight is 711 g/mol. The number of thiophene rings is 1. The number of aromatic amines is 1. The van der Waals surface area contributed by atoms with Crippen molar-refractivity contribution in [3.8, 4) is 27.9 Å². The van der Waals surface area contributed by atoms with E-state index in [1.807, 2.05) is 23.7 Å². The standard InChI is InChI=1S/C49H34N4S/c1-3-11-34(12-4-1)36-19-23-38(24-20-36)52(39-25-21-37(22-26-39)35-13-5-2-6-14-35)41-27-29-47-45(32-41)51-33-50-44-16-8-9-17-46(44)53(47)40-28-30-49-43(31-40)42-15-7-10-18-48(42)54-49/h1-33H,(H,50,51). The molecule has 4 nitrogen and oxygen atoms in total. The van der Waals surface area contributed by atoms with Gasteiger partial charge in [0.15, 0.2) is 0 Å². The number of rotatable bonds is 6. The SMILES string of the molecule is c1ccc(-c2ccc(N(c3ccc(-c4ccccc4)cc3)c3ccc4c(c3)[nH]cnc3ccccc3n4-c3ccc4sc5ccccc5c4c3)cc2)cc1. The number of benzene rings is 8. The van der Waals surface area contributed by atoms with Gasteiger partial charge < -0.3 is 14.5 Å². The largest absolute Gasteiger partial charge is 0.345 e. The third kappa shape index (κ3) is 5.77. The summed E-state index contributed by atoms with van der Waals surface area (Å²) >= 11 is 1.84. The molecule has 0 bridgehead atoms. The molecular formula is C49H34N4S. The summed E-state index contributed by atoms with van der Waals surface area (Å²) in [6, 6.07) is 69.2. The number of aromatic nitrogens is 3. The van der Waals surface area contributed by atoms with E-state index in [1.165, 1.54) is 42.4 Å². The molecule has 54 heavy (non-hydrogen) atoms. The van der Waals surface area contributed by atoms with Crippen molar-refractivity contribution in [2.45, 2.75) is 0 Å². The number of nitrogens with zero attached hydrogens (tertiary/aromatic N) is 3. The molecule has 8 aromatic carbocycles. The Kier molecular flexibility index (Phi) is 7.97. The Morgan fingerprint density at radius 3 is 1.72 bits per heavy atom. The zero-order valence-corrected chi connectivity index (χ0v) is 30.1. The maximum atomic E-state index is 4.90. The van der Waals surface area contributed by atoms with Gasteiger partial charge in [-0.3, -0.25) is 0 Å². The lowest BCUT2D eigenvalue weighted by atomic mass is 10.0. The minimum absolute atomic E-state index is 0.897. The molecule has 2 aromatic heterocycles. The van der Waals surface area contributed by atoms with Crippen molar-refractivity contribution in [2.75, 3.05) is 4.90 Å². The van der Waals surface area contributed by atoms with Crippen molar-refractivity contribution < 1.29 is 0 Å². The second kappa shape index (κ2) is 13.6. The fourth-order valence-corrected chi connectivity index (χ4v) is 8.57. The van der Waals surface area contributed by atoms with Gasteiger partial charge in [-0.05, 0) is 101 Å². The molecule has 0 radical (unpaired) electrons. The molecule has 0 aliphatic carbocycles. The molecule has 0 fully saturated rings. The Balaban J connectivity index is 1.17. The van der Waals surface area contributed by atoms with Crippen LogP contribution in [0, 0.1) is 0 Å². The lowest BCUT2D eigenvalue weighted by molar-refractivity contribution is 1.14. The molecule has 0 unspecified atom stereocenters. The van der Waals surface area contributed by atoms with Crippen LogP contribution in [0.2, 0.25) is 0 Å². The predicted octanol–water partition coefficient (Wildman–Crippen LogP) is 13.8. The van der Waals surface area contributed by atoms with Crippen LogP contribution in [0.1, 0.15) is 0 Å². The van der Waals surface area contributed by atoms with Gasteiger partial charge in [-0.15, -0.1) is 11.3 Å². The van der Waals surface area contributed by atoms with E-state index in [0.717, 1.165) is 44.8 Å². The Morgan fingerprint density at radius 2 is 1.02 bits per heavy atom. The molecule has 0 amide bonds. The van der Waals surface area contributed by atoms with Crippen LogP contribution in [-0.4, -0.2) is 14.5 Å². The second-order valence-corrected chi connectivity index (χ2v) is 14.5. The Hall–Kier alpha value is -6.95. The predicted molar refractivity (Wildman–Crippen MR) is 229 cm³/mol. The molecule has 10 rings (SSSR count). The Labute approximate surface area is 317 Å². The van der Waals surface area contributed by atoms with Gasteiger partial charge in [0.2, 0.25) is 0 Å². The van der Waals surface area contributed by atoms with Crippen LogP contribution in [-0.2, 0) is 0 Å². The molecule has 256 valence electrons. The summed E-state index contributed by atoms with van der Waals surface area (Å²) in [5, 5.41) is 2.53.